The molecule has 0 fully saturated rings. The highest BCUT2D eigenvalue weighted by Crippen LogP contribution is 2.43. The van der Waals surface area contributed by atoms with Gasteiger partial charge in [-0.1, -0.05) is 140 Å². The molecule has 0 bridgehead atoms. The summed E-state index contributed by atoms with van der Waals surface area (Å²) in [5, 5.41) is 8.88. The number of aliphatic carboxylic acids is 1. The van der Waals surface area contributed by atoms with Gasteiger partial charge >= 0.3 is 25.7 Å². The molecule has 0 aliphatic rings. The summed E-state index contributed by atoms with van der Waals surface area (Å²) in [5.41, 5.74) is 5.33. The first kappa shape index (κ1) is 52.7. The molecule has 0 spiro atoms. The predicted octanol–water partition coefficient (Wildman–Crippen LogP) is 11.2. The van der Waals surface area contributed by atoms with Crippen LogP contribution in [-0.4, -0.2) is 59.9 Å². The molecule has 1 unspecified atom stereocenters. The smallest absolute Gasteiger partial charge is 0.472 e. The average molecular weight is 800 g/mol. The molecule has 0 radical (unpaired) electrons. The van der Waals surface area contributed by atoms with E-state index >= 15 is 0 Å². The predicted molar refractivity (Wildman–Crippen MR) is 222 cm³/mol. The molecule has 0 aliphatic carbocycles. The number of carboxylic acids is 1. The van der Waals surface area contributed by atoms with Crippen LogP contribution in [0.3, 0.4) is 0 Å². The Morgan fingerprint density at radius 3 is 1.47 bits per heavy atom. The number of nitrogens with two attached hydrogens (primary N) is 1. The summed E-state index contributed by atoms with van der Waals surface area (Å²) in [5.74, 6) is -2.41. The van der Waals surface area contributed by atoms with Crippen LogP contribution in [0, 0.1) is 0 Å². The van der Waals surface area contributed by atoms with Gasteiger partial charge in [0.15, 0.2) is 6.10 Å². The van der Waals surface area contributed by atoms with Crippen LogP contribution in [0.4, 0.5) is 0 Å². The van der Waals surface area contributed by atoms with Crippen molar-refractivity contribution in [3.05, 3.63) is 36.5 Å². The number of hydrogen-bond acceptors (Lipinski definition) is 9. The van der Waals surface area contributed by atoms with Gasteiger partial charge in [-0.05, 0) is 70.6 Å². The minimum absolute atomic E-state index is 0.148. The number of hydrogen-bond donors (Lipinski definition) is 3. The minimum Gasteiger partial charge on any atom is -0.480 e. The van der Waals surface area contributed by atoms with E-state index in [0.29, 0.717) is 12.8 Å². The lowest BCUT2D eigenvalue weighted by Crippen LogP contribution is -2.34. The first-order valence-electron chi connectivity index (χ1n) is 21.5. The highest BCUT2D eigenvalue weighted by Gasteiger charge is 2.28. The number of phosphoric ester groups is 1. The lowest BCUT2D eigenvalue weighted by atomic mass is 10.1. The Hall–Kier alpha value is -2.30. The Morgan fingerprint density at radius 1 is 0.564 bits per heavy atom. The Balaban J connectivity index is 4.41. The molecule has 0 amide bonds. The lowest BCUT2D eigenvalue weighted by molar-refractivity contribution is -0.161. The van der Waals surface area contributed by atoms with Gasteiger partial charge in [-0.3, -0.25) is 23.4 Å². The molecule has 12 heteroatoms. The van der Waals surface area contributed by atoms with Crippen LogP contribution < -0.4 is 5.73 Å². The summed E-state index contributed by atoms with van der Waals surface area (Å²) in [6.45, 7) is 2.75. The van der Waals surface area contributed by atoms with Gasteiger partial charge in [-0.2, -0.15) is 0 Å². The quantitative estimate of drug-likeness (QED) is 0.0233. The van der Waals surface area contributed by atoms with Crippen LogP contribution in [0.25, 0.3) is 0 Å². The molecule has 0 heterocycles. The molecule has 0 rings (SSSR count). The Bertz CT molecular complexity index is 1080. The standard InChI is InChI=1S/C43H78NO10P/c1-3-5-7-9-11-13-15-17-19-21-23-25-27-29-31-33-35-42(46)54-39(37-52-55(49,50)53-38-40(44)43(47)48)36-51-41(45)34-32-30-28-26-24-22-20-18-16-14-12-10-8-6-4-2/h12,14,18-21,39-40H,3-11,13,15-17,22-38,44H2,1-2H3,(H,47,48)(H,49,50)/b14-12-,20-18-,21-19-/t39-,40+/m1/s1. The number of phosphoric acid groups is 1. The van der Waals surface area contributed by atoms with E-state index in [2.05, 4.69) is 54.8 Å². The van der Waals surface area contributed by atoms with Gasteiger partial charge in [0.2, 0.25) is 0 Å². The molecule has 0 aromatic heterocycles. The van der Waals surface area contributed by atoms with Crippen LogP contribution in [0.15, 0.2) is 36.5 Å². The highest BCUT2D eigenvalue weighted by atomic mass is 31.2. The molecular formula is C43H78NO10P. The summed E-state index contributed by atoms with van der Waals surface area (Å²) < 4.78 is 32.7. The third-order valence-corrected chi connectivity index (χ3v) is 10.1. The number of carbonyl (C=O) groups is 3. The maximum atomic E-state index is 12.6. The van der Waals surface area contributed by atoms with Crippen molar-refractivity contribution in [1.82, 2.24) is 0 Å². The SMILES string of the molecule is CCCCC/C=C\C/C=C\CCCCCCCC(=O)OC[C@H](COP(=O)(O)OC[C@H](N)C(=O)O)OC(=O)CCCCCCC/C=C\CCCCCCCCC. The fraction of sp³-hybridized carbons (Fsp3) is 0.791. The van der Waals surface area contributed by atoms with E-state index in [-0.39, 0.29) is 19.4 Å². The normalized spacial score (nSPS) is 14.1. The number of unbranched alkanes of at least 4 members (excludes halogenated alkanes) is 20. The van der Waals surface area contributed by atoms with Crippen molar-refractivity contribution in [2.24, 2.45) is 5.73 Å². The zero-order valence-electron chi connectivity index (χ0n) is 34.5. The monoisotopic (exact) mass is 800 g/mol. The summed E-state index contributed by atoms with van der Waals surface area (Å²) >= 11 is 0. The summed E-state index contributed by atoms with van der Waals surface area (Å²) in [4.78, 5) is 45.9. The Morgan fingerprint density at radius 2 is 0.964 bits per heavy atom. The van der Waals surface area contributed by atoms with E-state index in [1.807, 2.05) is 0 Å². The zero-order chi connectivity index (χ0) is 40.7. The summed E-state index contributed by atoms with van der Waals surface area (Å²) in [7, 11) is -4.72. The van der Waals surface area contributed by atoms with Crippen LogP contribution in [0.5, 0.6) is 0 Å². The fourth-order valence-electron chi connectivity index (χ4n) is 5.68. The zero-order valence-corrected chi connectivity index (χ0v) is 35.4. The van der Waals surface area contributed by atoms with Gasteiger partial charge in [-0.15, -0.1) is 0 Å². The topological polar surface area (TPSA) is 172 Å². The molecule has 0 aromatic carbocycles. The van der Waals surface area contributed by atoms with Gasteiger partial charge < -0.3 is 25.2 Å². The van der Waals surface area contributed by atoms with Crippen LogP contribution in [0.2, 0.25) is 0 Å². The third-order valence-electron chi connectivity index (χ3n) is 9.11. The second-order valence-corrected chi connectivity index (χ2v) is 15.9. The lowest BCUT2D eigenvalue weighted by Gasteiger charge is -2.20. The first-order valence-corrected chi connectivity index (χ1v) is 23.0. The largest absolute Gasteiger partial charge is 0.480 e. The van der Waals surface area contributed by atoms with Gasteiger partial charge in [-0.25, -0.2) is 4.57 Å². The van der Waals surface area contributed by atoms with Gasteiger partial charge in [0.05, 0.1) is 13.2 Å². The Labute approximate surface area is 333 Å². The maximum Gasteiger partial charge on any atom is 0.472 e. The molecule has 55 heavy (non-hydrogen) atoms. The maximum absolute atomic E-state index is 12.6. The van der Waals surface area contributed by atoms with Crippen LogP contribution in [-0.2, 0) is 37.5 Å². The molecule has 0 saturated carbocycles. The number of allylic oxidation sites excluding steroid dienone is 6. The van der Waals surface area contributed by atoms with Gasteiger partial charge in [0, 0.05) is 12.8 Å². The number of carbonyl (C=O) groups excluding carboxylic acids is 2. The van der Waals surface area contributed by atoms with Crippen molar-refractivity contribution in [2.75, 3.05) is 19.8 Å². The average Bonchev–Trinajstić information content (AvgIpc) is 3.16. The van der Waals surface area contributed by atoms with Crippen LogP contribution in [0.1, 0.15) is 187 Å². The third kappa shape index (κ3) is 38.4. The van der Waals surface area contributed by atoms with Crippen molar-refractivity contribution in [3.63, 3.8) is 0 Å². The molecule has 3 atom stereocenters. The second-order valence-electron chi connectivity index (χ2n) is 14.5. The van der Waals surface area contributed by atoms with E-state index in [1.165, 1.54) is 64.2 Å². The minimum atomic E-state index is -4.72. The van der Waals surface area contributed by atoms with Crippen LogP contribution >= 0.6 is 7.82 Å². The first-order chi connectivity index (χ1) is 26.6. The molecule has 0 aliphatic heterocycles. The van der Waals surface area contributed by atoms with Gasteiger partial charge in [0.1, 0.15) is 12.6 Å². The van der Waals surface area contributed by atoms with Crippen molar-refractivity contribution >= 4 is 25.7 Å². The molecular weight excluding hydrogens is 721 g/mol. The number of ether oxygens (including phenoxy) is 2. The highest BCUT2D eigenvalue weighted by molar-refractivity contribution is 7.47. The van der Waals surface area contributed by atoms with Crippen molar-refractivity contribution in [2.45, 2.75) is 199 Å². The van der Waals surface area contributed by atoms with Gasteiger partial charge in [0.25, 0.3) is 0 Å². The molecule has 4 N–H and O–H groups in total. The Kier molecular flexibility index (Phi) is 37.0. The van der Waals surface area contributed by atoms with Crippen molar-refractivity contribution < 1.29 is 47.5 Å². The van der Waals surface area contributed by atoms with E-state index in [0.717, 1.165) is 83.5 Å². The molecule has 0 aromatic rings. The van der Waals surface area contributed by atoms with Crippen molar-refractivity contribution in [1.29, 1.82) is 0 Å². The van der Waals surface area contributed by atoms with E-state index in [1.54, 1.807) is 0 Å². The molecule has 320 valence electrons. The fourth-order valence-corrected chi connectivity index (χ4v) is 6.46. The number of rotatable bonds is 40. The molecule has 0 saturated heterocycles. The van der Waals surface area contributed by atoms with E-state index < -0.39 is 51.1 Å². The summed E-state index contributed by atoms with van der Waals surface area (Å²) in [6.07, 6.45) is 40.6. The number of carboxylic acid groups (broad SMARTS) is 1. The number of esters is 2. The van der Waals surface area contributed by atoms with Crippen molar-refractivity contribution in [3.8, 4) is 0 Å². The van der Waals surface area contributed by atoms with E-state index in [4.69, 9.17) is 24.8 Å². The van der Waals surface area contributed by atoms with E-state index in [9.17, 15) is 23.8 Å². The molecule has 11 nitrogen and oxygen atoms in total. The second kappa shape index (κ2) is 38.6. The summed E-state index contributed by atoms with van der Waals surface area (Å²) in [6, 6.07) is -1.52.